The van der Waals surface area contributed by atoms with Gasteiger partial charge in [0.05, 0.1) is 51.0 Å². The van der Waals surface area contributed by atoms with E-state index in [1.54, 1.807) is 24.3 Å². The van der Waals surface area contributed by atoms with Crippen molar-refractivity contribution in [1.29, 1.82) is 0 Å². The van der Waals surface area contributed by atoms with E-state index < -0.39 is 12.0 Å². The van der Waals surface area contributed by atoms with E-state index in [0.29, 0.717) is 11.3 Å². The van der Waals surface area contributed by atoms with Crippen molar-refractivity contribution < 1.29 is 34.1 Å². The molecule has 0 spiro atoms. The quantitative estimate of drug-likeness (QED) is 0.252. The molecule has 2 aliphatic rings. The lowest BCUT2D eigenvalue weighted by Gasteiger charge is -2.27. The maximum atomic E-state index is 12.7. The van der Waals surface area contributed by atoms with Crippen molar-refractivity contribution in [3.05, 3.63) is 29.8 Å². The molecule has 3 rings (SSSR count). The second kappa shape index (κ2) is 9.82. The Balaban J connectivity index is 1.45. The molecule has 1 aromatic rings. The number of anilines is 1. The molecule has 0 aliphatic carbocycles. The van der Waals surface area contributed by atoms with Crippen LogP contribution in [0.3, 0.4) is 0 Å². The lowest BCUT2D eigenvalue weighted by atomic mass is 9.96. The fourth-order valence-corrected chi connectivity index (χ4v) is 4.21. The number of carbonyl (C=O) groups excluding carboxylic acids is 4. The molecule has 1 aromatic carbocycles. The van der Waals surface area contributed by atoms with Crippen LogP contribution in [0.5, 0.6) is 0 Å². The Morgan fingerprint density at radius 2 is 1.87 bits per heavy atom. The monoisotopic (exact) mass is 418 g/mol. The minimum Gasteiger partial charge on any atom is -0.465 e. The average Bonchev–Trinajstić information content (AvgIpc) is 3.04. The molecule has 0 aromatic heterocycles. The summed E-state index contributed by atoms with van der Waals surface area (Å²) in [5, 5.41) is 1.94. The number of quaternary nitrogens is 2. The van der Waals surface area contributed by atoms with E-state index in [0.717, 1.165) is 45.4 Å². The molecular formula is C21H30N4O5+2. The summed E-state index contributed by atoms with van der Waals surface area (Å²) >= 11 is 0. The van der Waals surface area contributed by atoms with E-state index in [2.05, 4.69) is 4.74 Å². The van der Waals surface area contributed by atoms with Gasteiger partial charge in [-0.05, 0) is 24.3 Å². The second-order valence-electron chi connectivity index (χ2n) is 7.97. The molecule has 9 nitrogen and oxygen atoms in total. The molecule has 3 amide bonds. The van der Waals surface area contributed by atoms with E-state index in [-0.39, 0.29) is 30.1 Å². The standard InChI is InChI=1S/C21H28N4O5/c1-30-21(29)15-3-5-16(6-4-15)25-18(26)13-17(20(25)28)23-9-2-10-24-11-7-14(8-12-24)19(22)27/h3-6,14,17,23H,2,7-13H2,1H3,(H2,22,27)/p+2/t17-/m1/s1. The summed E-state index contributed by atoms with van der Waals surface area (Å²) in [7, 11) is 1.30. The zero-order chi connectivity index (χ0) is 21.7. The van der Waals surface area contributed by atoms with Gasteiger partial charge in [0.2, 0.25) is 11.8 Å². The normalized spacial score (nSPS) is 24.2. The van der Waals surface area contributed by atoms with Gasteiger partial charge in [-0.15, -0.1) is 0 Å². The maximum absolute atomic E-state index is 12.7. The van der Waals surface area contributed by atoms with Crippen LogP contribution in [0.4, 0.5) is 5.69 Å². The van der Waals surface area contributed by atoms with Crippen molar-refractivity contribution >= 4 is 29.4 Å². The zero-order valence-corrected chi connectivity index (χ0v) is 17.3. The molecule has 0 bridgehead atoms. The summed E-state index contributed by atoms with van der Waals surface area (Å²) in [5.41, 5.74) is 6.21. The van der Waals surface area contributed by atoms with E-state index in [1.807, 2.05) is 5.32 Å². The molecule has 2 fully saturated rings. The molecule has 9 heteroatoms. The van der Waals surface area contributed by atoms with Crippen LogP contribution >= 0.6 is 0 Å². The Morgan fingerprint density at radius 1 is 1.20 bits per heavy atom. The molecule has 2 heterocycles. The van der Waals surface area contributed by atoms with Crippen LogP contribution < -0.4 is 20.9 Å². The third kappa shape index (κ3) is 5.03. The third-order valence-electron chi connectivity index (χ3n) is 6.01. The van der Waals surface area contributed by atoms with Gasteiger partial charge in [0.15, 0.2) is 6.04 Å². The summed E-state index contributed by atoms with van der Waals surface area (Å²) in [6.45, 7) is 3.64. The number of likely N-dealkylation sites (tertiary alicyclic amines) is 1. The summed E-state index contributed by atoms with van der Waals surface area (Å²) in [6.07, 6.45) is 2.79. The molecule has 0 saturated carbocycles. The zero-order valence-electron chi connectivity index (χ0n) is 17.3. The SMILES string of the molecule is COC(=O)c1ccc(N2C(=O)C[C@@H]([NH2+]CCC[NH+]3CCC(C(N)=O)CC3)C2=O)cc1. The molecule has 0 radical (unpaired) electrons. The third-order valence-corrected chi connectivity index (χ3v) is 6.01. The number of ether oxygens (including phenoxy) is 1. The molecule has 2 saturated heterocycles. The highest BCUT2D eigenvalue weighted by atomic mass is 16.5. The lowest BCUT2D eigenvalue weighted by Crippen LogP contribution is -3.13. The Labute approximate surface area is 175 Å². The molecule has 1 atom stereocenters. The average molecular weight is 418 g/mol. The van der Waals surface area contributed by atoms with Gasteiger partial charge in [0.1, 0.15) is 0 Å². The fraction of sp³-hybridized carbons (Fsp3) is 0.524. The number of nitrogens with one attached hydrogen (secondary N) is 1. The molecule has 5 N–H and O–H groups in total. The van der Waals surface area contributed by atoms with Crippen LogP contribution in [0.2, 0.25) is 0 Å². The Kier molecular flexibility index (Phi) is 7.17. The first-order chi connectivity index (χ1) is 14.4. The first-order valence-electron chi connectivity index (χ1n) is 10.4. The first kappa shape index (κ1) is 21.9. The van der Waals surface area contributed by atoms with Crippen molar-refractivity contribution in [2.24, 2.45) is 11.7 Å². The number of rotatable bonds is 8. The lowest BCUT2D eigenvalue weighted by molar-refractivity contribution is -0.907. The van der Waals surface area contributed by atoms with Crippen molar-refractivity contribution in [2.45, 2.75) is 31.7 Å². The topological polar surface area (TPSA) is 128 Å². The Hall–Kier alpha value is -2.78. The number of carbonyl (C=O) groups is 4. The number of nitrogens with zero attached hydrogens (tertiary/aromatic N) is 1. The minimum atomic E-state index is -0.465. The summed E-state index contributed by atoms with van der Waals surface area (Å²) in [6, 6.07) is 5.85. The van der Waals surface area contributed by atoms with Gasteiger partial charge in [-0.2, -0.15) is 0 Å². The predicted molar refractivity (Wildman–Crippen MR) is 108 cm³/mol. The van der Waals surface area contributed by atoms with Gasteiger partial charge >= 0.3 is 5.97 Å². The maximum Gasteiger partial charge on any atom is 0.337 e. The van der Waals surface area contributed by atoms with Gasteiger partial charge in [0, 0.05) is 25.2 Å². The summed E-state index contributed by atoms with van der Waals surface area (Å²) < 4.78 is 4.66. The van der Waals surface area contributed by atoms with Crippen LogP contribution in [0, 0.1) is 5.92 Å². The highest BCUT2D eigenvalue weighted by Gasteiger charge is 2.42. The van der Waals surface area contributed by atoms with Crippen LogP contribution in [-0.2, 0) is 19.1 Å². The van der Waals surface area contributed by atoms with Gasteiger partial charge in [-0.25, -0.2) is 9.69 Å². The second-order valence-corrected chi connectivity index (χ2v) is 7.97. The number of hydrogen-bond donors (Lipinski definition) is 3. The largest absolute Gasteiger partial charge is 0.465 e. The van der Waals surface area contributed by atoms with Gasteiger partial charge in [-0.1, -0.05) is 0 Å². The van der Waals surface area contributed by atoms with Crippen LogP contribution in [-0.4, -0.2) is 63.0 Å². The Morgan fingerprint density at radius 3 is 2.47 bits per heavy atom. The number of amides is 3. The number of piperidine rings is 1. The van der Waals surface area contributed by atoms with E-state index in [1.165, 1.54) is 16.9 Å². The number of nitrogens with two attached hydrogens (primary N) is 2. The van der Waals surface area contributed by atoms with Crippen LogP contribution in [0.1, 0.15) is 36.0 Å². The first-order valence-corrected chi connectivity index (χ1v) is 10.4. The molecule has 0 unspecified atom stereocenters. The number of imide groups is 1. The van der Waals surface area contributed by atoms with Crippen LogP contribution in [0.15, 0.2) is 24.3 Å². The summed E-state index contributed by atoms with van der Waals surface area (Å²) in [5.74, 6) is -1.11. The summed E-state index contributed by atoms with van der Waals surface area (Å²) in [4.78, 5) is 50.5. The van der Waals surface area contributed by atoms with Crippen molar-refractivity contribution in [1.82, 2.24) is 0 Å². The molecule has 2 aliphatic heterocycles. The van der Waals surface area contributed by atoms with E-state index in [4.69, 9.17) is 5.73 Å². The predicted octanol–water partition coefficient (Wildman–Crippen LogP) is -2.16. The number of hydrogen-bond acceptors (Lipinski definition) is 5. The fourth-order valence-electron chi connectivity index (χ4n) is 4.21. The highest BCUT2D eigenvalue weighted by molar-refractivity contribution is 6.21. The van der Waals surface area contributed by atoms with E-state index >= 15 is 0 Å². The number of primary amides is 1. The number of benzene rings is 1. The van der Waals surface area contributed by atoms with Gasteiger partial charge in [-0.3, -0.25) is 14.4 Å². The van der Waals surface area contributed by atoms with Crippen molar-refractivity contribution in [2.75, 3.05) is 38.2 Å². The van der Waals surface area contributed by atoms with Crippen molar-refractivity contribution in [3.63, 3.8) is 0 Å². The number of esters is 1. The van der Waals surface area contributed by atoms with E-state index in [9.17, 15) is 19.2 Å². The van der Waals surface area contributed by atoms with Crippen LogP contribution in [0.25, 0.3) is 0 Å². The van der Waals surface area contributed by atoms with Gasteiger partial charge < -0.3 is 20.7 Å². The molecule has 30 heavy (non-hydrogen) atoms. The molecular weight excluding hydrogens is 388 g/mol. The Bertz CT molecular complexity index is 802. The minimum absolute atomic E-state index is 0.00935. The number of methoxy groups -OCH3 is 1. The highest BCUT2D eigenvalue weighted by Crippen LogP contribution is 2.22. The van der Waals surface area contributed by atoms with Crippen molar-refractivity contribution in [3.8, 4) is 0 Å². The van der Waals surface area contributed by atoms with Gasteiger partial charge in [0.25, 0.3) is 5.91 Å². The smallest absolute Gasteiger partial charge is 0.337 e. The molecule has 162 valence electrons.